The van der Waals surface area contributed by atoms with E-state index in [1.807, 2.05) is 82.2 Å². The monoisotopic (exact) mass is 656 g/mol. The van der Waals surface area contributed by atoms with Gasteiger partial charge in [0, 0.05) is 33.9 Å². The van der Waals surface area contributed by atoms with Crippen LogP contribution in [0.15, 0.2) is 85.2 Å². The molecule has 3 radical (unpaired) electrons. The summed E-state index contributed by atoms with van der Waals surface area (Å²) in [6.45, 7) is 1.40. The molecule has 0 spiro atoms. The van der Waals surface area contributed by atoms with Crippen LogP contribution < -0.4 is 40.6 Å². The van der Waals surface area contributed by atoms with E-state index in [1.54, 1.807) is 0 Å². The molecule has 12 nitrogen and oxygen atoms in total. The molecule has 2 aromatic carbocycles. The number of ether oxygens (including phenoxy) is 1. The molecular weight excluding hydrogens is 627 g/mol. The van der Waals surface area contributed by atoms with Crippen molar-refractivity contribution in [2.24, 2.45) is 0 Å². The Kier molecular flexibility index (Phi) is 16.6. The quantitative estimate of drug-likeness (QED) is 0.143. The third-order valence-corrected chi connectivity index (χ3v) is 6.47. The average molecular weight is 657 g/mol. The minimum atomic E-state index is -0.640. The summed E-state index contributed by atoms with van der Waals surface area (Å²) in [5.74, 6) is 5.06. The Balaban J connectivity index is 0.000000407. The maximum atomic E-state index is 11.2. The normalized spacial score (nSPS) is 9.71. The molecule has 227 valence electrons. The van der Waals surface area contributed by atoms with E-state index in [1.165, 1.54) is 12.7 Å². The Labute approximate surface area is 294 Å². The topological polar surface area (TPSA) is 170 Å². The van der Waals surface area contributed by atoms with Crippen LogP contribution in [0.5, 0.6) is 0 Å². The minimum absolute atomic E-state index is 0. The molecular formula is C29H30BCl2N9NaO3. The van der Waals surface area contributed by atoms with Gasteiger partial charge in [0.25, 0.3) is 0 Å². The first-order valence-electron chi connectivity index (χ1n) is 12.4. The van der Waals surface area contributed by atoms with Crippen molar-refractivity contribution < 1.29 is 44.3 Å². The van der Waals surface area contributed by atoms with Crippen LogP contribution in [-0.4, -0.2) is 55.9 Å². The zero-order valence-electron chi connectivity index (χ0n) is 23.9. The van der Waals surface area contributed by atoms with Crippen molar-refractivity contribution in [3.63, 3.8) is 0 Å². The minimum Gasteiger partial charge on any atom is -0.553 e. The molecule has 0 saturated carbocycles. The number of nitrogens with two attached hydrogens (primary N) is 1. The van der Waals surface area contributed by atoms with E-state index in [0.29, 0.717) is 17.2 Å². The number of benzene rings is 2. The zero-order valence-corrected chi connectivity index (χ0v) is 27.4. The number of hydrogen-bond donors (Lipinski definition) is 3. The number of nitrogens with one attached hydrogen (secondary N) is 2. The molecule has 6 aromatic rings. The van der Waals surface area contributed by atoms with E-state index in [9.17, 15) is 4.79 Å². The summed E-state index contributed by atoms with van der Waals surface area (Å²) in [6.07, 6.45) is 3.19. The smallest absolute Gasteiger partial charge is 0.553 e. The fourth-order valence-electron chi connectivity index (χ4n) is 4.16. The molecule has 6 rings (SSSR count). The van der Waals surface area contributed by atoms with Crippen LogP contribution in [-0.2, 0) is 17.8 Å². The van der Waals surface area contributed by atoms with Gasteiger partial charge in [0.2, 0.25) is 11.9 Å². The molecule has 16 heteroatoms. The van der Waals surface area contributed by atoms with E-state index in [2.05, 4.69) is 42.1 Å². The third kappa shape index (κ3) is 10.2. The Morgan fingerprint density at radius 2 is 1.27 bits per heavy atom. The molecule has 0 fully saturated rings. The van der Waals surface area contributed by atoms with Crippen molar-refractivity contribution in [1.29, 1.82) is 0 Å². The number of rotatable bonds is 5. The molecule has 0 aliphatic heterocycles. The second kappa shape index (κ2) is 19.0. The fraction of sp³-hybridized carbons (Fsp3) is 0.138. The summed E-state index contributed by atoms with van der Waals surface area (Å²) in [5.41, 5.74) is 10.9. The molecule has 4 heterocycles. The predicted molar refractivity (Wildman–Crippen MR) is 175 cm³/mol. The molecule has 5 N–H and O–H groups in total. The summed E-state index contributed by atoms with van der Waals surface area (Å²) in [4.78, 5) is 27.7. The van der Waals surface area contributed by atoms with Gasteiger partial charge in [0.1, 0.15) is 11.0 Å². The van der Waals surface area contributed by atoms with E-state index in [4.69, 9.17) is 40.0 Å². The largest absolute Gasteiger partial charge is 1.00 e. The van der Waals surface area contributed by atoms with E-state index >= 15 is 0 Å². The van der Waals surface area contributed by atoms with Gasteiger partial charge in [-0.25, -0.2) is 14.8 Å². The van der Waals surface area contributed by atoms with Crippen molar-refractivity contribution in [3.05, 3.63) is 113 Å². The van der Waals surface area contributed by atoms with Gasteiger partial charge in [-0.2, -0.15) is 9.97 Å². The van der Waals surface area contributed by atoms with Gasteiger partial charge in [0.05, 0.1) is 18.1 Å². The van der Waals surface area contributed by atoms with Crippen molar-refractivity contribution in [2.45, 2.75) is 20.5 Å². The number of amides is 1. The summed E-state index contributed by atoms with van der Waals surface area (Å²) < 4.78 is 8.50. The van der Waals surface area contributed by atoms with Crippen LogP contribution in [0.4, 0.5) is 16.7 Å². The maximum absolute atomic E-state index is 11.2. The van der Waals surface area contributed by atoms with Crippen molar-refractivity contribution in [2.75, 3.05) is 18.2 Å². The number of carbonyl (C=O) groups excluding carboxylic acids is 1. The van der Waals surface area contributed by atoms with Gasteiger partial charge in [-0.05, 0) is 23.3 Å². The van der Waals surface area contributed by atoms with Crippen LogP contribution in [0, 0.1) is 0 Å². The number of carbonyl (C=O) groups is 1. The van der Waals surface area contributed by atoms with Crippen molar-refractivity contribution >= 4 is 71.7 Å². The van der Waals surface area contributed by atoms with E-state index in [0.717, 1.165) is 28.7 Å². The standard InChI is InChI=1S/C15H13ClN4O2.C13H11ClN4.CH4.B.H2NO.Na/c1-22-15(21)19-14-17-11-7-8-20(12(11)13(16)18-14)9-10-5-3-2-4-6-10;14-12-11-10(16-13(15)17-12)6-7-18(11)8-9-4-2-1-3-5-9;;;1-2;/h2-8H,9H2,1H3,(H,17,18,19,21);1-7H,8H2,(H2,15,16,17);1H4;;1-2H;/q;;;;-1;+1. The molecule has 0 aliphatic rings. The molecule has 0 saturated heterocycles. The SMILES string of the molecule is C.COC(=O)Nc1nc(Cl)c2c(ccn2Cc2ccccc2)n1.Nc1nc(Cl)c2c(ccn2Cc2ccccc2)n1.[B].[NH-]O.[Na+]. The first-order chi connectivity index (χ1) is 20.4. The second-order valence-corrected chi connectivity index (χ2v) is 9.37. The Morgan fingerprint density at radius 1 is 0.822 bits per heavy atom. The molecule has 0 bridgehead atoms. The summed E-state index contributed by atoms with van der Waals surface area (Å²) >= 11 is 12.4. The summed E-state index contributed by atoms with van der Waals surface area (Å²) in [5, 5.41) is 9.32. The van der Waals surface area contributed by atoms with Gasteiger partial charge in [-0.1, -0.05) is 91.3 Å². The number of aromatic nitrogens is 6. The number of methoxy groups -OCH3 is 1. The van der Waals surface area contributed by atoms with Gasteiger partial charge >= 0.3 is 35.7 Å². The molecule has 0 atom stereocenters. The van der Waals surface area contributed by atoms with Gasteiger partial charge in [0.15, 0.2) is 10.3 Å². The predicted octanol–water partition coefficient (Wildman–Crippen LogP) is 3.71. The summed E-state index contributed by atoms with van der Waals surface area (Å²) in [6, 6.07) is 23.9. The number of hydrogen-bond acceptors (Lipinski definition) is 8. The number of anilines is 2. The number of nitrogen functional groups attached to an aromatic ring is 1. The first kappa shape index (κ1) is 39.3. The number of halogens is 2. The van der Waals surface area contributed by atoms with Crippen LogP contribution in [0.2, 0.25) is 10.3 Å². The van der Waals surface area contributed by atoms with Crippen LogP contribution in [0.3, 0.4) is 0 Å². The van der Waals surface area contributed by atoms with Crippen molar-refractivity contribution in [3.8, 4) is 0 Å². The van der Waals surface area contributed by atoms with Crippen LogP contribution in [0.1, 0.15) is 18.6 Å². The molecule has 4 aromatic heterocycles. The molecule has 1 amide bonds. The Hall–Kier alpha value is -3.69. The molecule has 45 heavy (non-hydrogen) atoms. The number of fused-ring (bicyclic) bond motifs is 2. The van der Waals surface area contributed by atoms with Gasteiger partial charge < -0.3 is 30.7 Å². The van der Waals surface area contributed by atoms with Crippen LogP contribution in [0.25, 0.3) is 28.0 Å². The van der Waals surface area contributed by atoms with Gasteiger partial charge in [-0.15, -0.1) is 0 Å². The summed E-state index contributed by atoms with van der Waals surface area (Å²) in [7, 11) is 1.27. The number of nitrogens with zero attached hydrogens (tertiary/aromatic N) is 6. The zero-order chi connectivity index (χ0) is 30.1. The van der Waals surface area contributed by atoms with Gasteiger partial charge in [-0.3, -0.25) is 5.32 Å². The molecule has 0 unspecified atom stereocenters. The second-order valence-electron chi connectivity index (χ2n) is 8.65. The fourth-order valence-corrected chi connectivity index (χ4v) is 4.74. The third-order valence-electron chi connectivity index (χ3n) is 5.94. The maximum Gasteiger partial charge on any atom is 1.00 e. The van der Waals surface area contributed by atoms with Crippen molar-refractivity contribution in [1.82, 2.24) is 29.1 Å². The average Bonchev–Trinajstić information content (AvgIpc) is 3.59. The van der Waals surface area contributed by atoms with E-state index < -0.39 is 6.09 Å². The first-order valence-corrected chi connectivity index (χ1v) is 13.1. The Bertz CT molecular complexity index is 1790. The van der Waals surface area contributed by atoms with Crippen LogP contribution >= 0.6 is 23.2 Å². The Morgan fingerprint density at radius 3 is 1.73 bits per heavy atom. The molecule has 0 aliphatic carbocycles. The van der Waals surface area contributed by atoms with E-state index in [-0.39, 0.29) is 62.4 Å².